The molecular weight excluding hydrogens is 397 g/mol. The molecule has 2 aliphatic rings. The Morgan fingerprint density at radius 1 is 1.21 bits per heavy atom. The van der Waals surface area contributed by atoms with Crippen LogP contribution in [0.1, 0.15) is 12.0 Å². The summed E-state index contributed by atoms with van der Waals surface area (Å²) in [6.45, 7) is 0.469. The fourth-order valence-electron chi connectivity index (χ4n) is 3.42. The number of rotatable bonds is 4. The van der Waals surface area contributed by atoms with Crippen molar-refractivity contribution in [3.05, 3.63) is 53.8 Å². The van der Waals surface area contributed by atoms with E-state index in [1.54, 1.807) is 18.0 Å². The van der Waals surface area contributed by atoms with Crippen molar-refractivity contribution in [1.29, 1.82) is 0 Å². The summed E-state index contributed by atoms with van der Waals surface area (Å²) in [6.07, 6.45) is -0.0252. The number of ether oxygens (including phenoxy) is 2. The summed E-state index contributed by atoms with van der Waals surface area (Å²) in [5.41, 5.74) is 1.19. The van der Waals surface area contributed by atoms with Crippen LogP contribution in [0.3, 0.4) is 0 Å². The number of anilines is 1. The number of halogens is 1. The summed E-state index contributed by atoms with van der Waals surface area (Å²) in [5.74, 6) is 0.0806. The summed E-state index contributed by atoms with van der Waals surface area (Å²) in [6, 6.07) is 9.96. The van der Waals surface area contributed by atoms with Crippen molar-refractivity contribution in [3.8, 4) is 11.5 Å². The van der Waals surface area contributed by atoms with Crippen LogP contribution in [0.15, 0.2) is 42.5 Å². The van der Waals surface area contributed by atoms with E-state index < -0.39 is 17.8 Å². The highest BCUT2D eigenvalue weighted by Gasteiger charge is 2.43. The Morgan fingerprint density at radius 2 is 1.93 bits per heavy atom. The van der Waals surface area contributed by atoms with E-state index in [1.807, 2.05) is 12.1 Å². The largest absolute Gasteiger partial charge is 0.454 e. The number of carbonyl (C=O) groups excluding carboxylic acids is 2. The highest BCUT2D eigenvalue weighted by Crippen LogP contribution is 2.33. The van der Waals surface area contributed by atoms with Gasteiger partial charge in [-0.15, -0.1) is 0 Å². The van der Waals surface area contributed by atoms with Crippen molar-refractivity contribution in [2.24, 2.45) is 0 Å². The van der Waals surface area contributed by atoms with Crippen LogP contribution in [0, 0.1) is 5.82 Å². The van der Waals surface area contributed by atoms with Crippen LogP contribution in [-0.2, 0) is 16.1 Å². The van der Waals surface area contributed by atoms with E-state index in [9.17, 15) is 14.0 Å². The maximum absolute atomic E-state index is 13.2. The number of amides is 2. The molecule has 4 rings (SSSR count). The molecule has 1 saturated heterocycles. The first-order chi connectivity index (χ1) is 14.0. The Morgan fingerprint density at radius 3 is 2.66 bits per heavy atom. The SMILES string of the molecule is CNC(=S)N(Cc1ccc2c(c1)OCO2)[C@H]1CC(=O)N(c2ccc(F)cc2)C1=O. The number of carbonyl (C=O) groups is 2. The van der Waals surface area contributed by atoms with Gasteiger partial charge in [0.1, 0.15) is 11.9 Å². The predicted octanol–water partition coefficient (Wildman–Crippen LogP) is 2.19. The topological polar surface area (TPSA) is 71.1 Å². The van der Waals surface area contributed by atoms with Gasteiger partial charge in [-0.25, -0.2) is 9.29 Å². The number of thiocarbonyl (C=S) groups is 1. The van der Waals surface area contributed by atoms with Crippen molar-refractivity contribution in [1.82, 2.24) is 10.2 Å². The molecule has 2 aliphatic heterocycles. The molecule has 0 aliphatic carbocycles. The van der Waals surface area contributed by atoms with Crippen molar-refractivity contribution < 1.29 is 23.5 Å². The van der Waals surface area contributed by atoms with Crippen molar-refractivity contribution in [2.45, 2.75) is 19.0 Å². The first-order valence-corrected chi connectivity index (χ1v) is 9.38. The lowest BCUT2D eigenvalue weighted by Gasteiger charge is -2.29. The van der Waals surface area contributed by atoms with Crippen LogP contribution >= 0.6 is 12.2 Å². The van der Waals surface area contributed by atoms with Crippen LogP contribution in [0.5, 0.6) is 11.5 Å². The van der Waals surface area contributed by atoms with E-state index in [2.05, 4.69) is 5.32 Å². The van der Waals surface area contributed by atoms with Gasteiger partial charge in [0.05, 0.1) is 12.1 Å². The third-order valence-corrected chi connectivity index (χ3v) is 5.29. The minimum atomic E-state index is -0.766. The van der Waals surface area contributed by atoms with Gasteiger partial charge in [-0.1, -0.05) is 6.07 Å². The zero-order chi connectivity index (χ0) is 20.5. The number of hydrogen-bond acceptors (Lipinski definition) is 5. The Balaban J connectivity index is 1.60. The molecule has 2 aromatic rings. The summed E-state index contributed by atoms with van der Waals surface area (Å²) in [4.78, 5) is 28.4. The molecule has 0 bridgehead atoms. The lowest BCUT2D eigenvalue weighted by Crippen LogP contribution is -2.48. The van der Waals surface area contributed by atoms with E-state index in [0.717, 1.165) is 10.5 Å². The molecule has 0 spiro atoms. The molecule has 2 heterocycles. The van der Waals surface area contributed by atoms with Gasteiger partial charge in [-0.3, -0.25) is 9.59 Å². The van der Waals surface area contributed by atoms with Crippen molar-refractivity contribution in [3.63, 3.8) is 0 Å². The van der Waals surface area contributed by atoms with E-state index in [4.69, 9.17) is 21.7 Å². The van der Waals surface area contributed by atoms with Crippen LogP contribution in [0.4, 0.5) is 10.1 Å². The Hall–Kier alpha value is -3.20. The van der Waals surface area contributed by atoms with Gasteiger partial charge >= 0.3 is 0 Å². The molecular formula is C20H18FN3O4S. The number of nitrogens with one attached hydrogen (secondary N) is 1. The van der Waals surface area contributed by atoms with Crippen molar-refractivity contribution in [2.75, 3.05) is 18.7 Å². The number of imide groups is 1. The van der Waals surface area contributed by atoms with E-state index in [0.29, 0.717) is 28.8 Å². The molecule has 9 heteroatoms. The van der Waals surface area contributed by atoms with E-state index in [-0.39, 0.29) is 19.1 Å². The maximum atomic E-state index is 13.2. The first kappa shape index (κ1) is 19.1. The van der Waals surface area contributed by atoms with Crippen molar-refractivity contribution >= 4 is 34.8 Å². The first-order valence-electron chi connectivity index (χ1n) is 8.97. The average Bonchev–Trinajstić information content (AvgIpc) is 3.30. The second-order valence-corrected chi connectivity index (χ2v) is 7.02. The smallest absolute Gasteiger partial charge is 0.257 e. The average molecular weight is 415 g/mol. The van der Waals surface area contributed by atoms with Crippen LogP contribution < -0.4 is 19.7 Å². The van der Waals surface area contributed by atoms with Gasteiger partial charge < -0.3 is 19.7 Å². The Bertz CT molecular complexity index is 982. The molecule has 7 nitrogen and oxygen atoms in total. The summed E-state index contributed by atoms with van der Waals surface area (Å²) >= 11 is 5.40. The standard InChI is InChI=1S/C20H18FN3O4S/c1-22-20(29)23(10-12-2-7-16-17(8-12)28-11-27-16)15-9-18(25)24(19(15)26)14-5-3-13(21)4-6-14/h2-8,15H,9-11H2,1H3,(H,22,29)/t15-/m0/s1. The molecule has 2 amide bonds. The number of fused-ring (bicyclic) bond motifs is 1. The lowest BCUT2D eigenvalue weighted by molar-refractivity contribution is -0.122. The zero-order valence-electron chi connectivity index (χ0n) is 15.6. The molecule has 150 valence electrons. The minimum absolute atomic E-state index is 0.0252. The monoisotopic (exact) mass is 415 g/mol. The maximum Gasteiger partial charge on any atom is 0.257 e. The Labute approximate surface area is 172 Å². The second-order valence-electron chi connectivity index (χ2n) is 6.63. The van der Waals surface area contributed by atoms with Crippen LogP contribution in [0.2, 0.25) is 0 Å². The number of nitrogens with zero attached hydrogens (tertiary/aromatic N) is 2. The molecule has 1 N–H and O–H groups in total. The van der Waals surface area contributed by atoms with Gasteiger partial charge in [0.15, 0.2) is 16.6 Å². The zero-order valence-corrected chi connectivity index (χ0v) is 16.4. The predicted molar refractivity (Wildman–Crippen MR) is 107 cm³/mol. The quantitative estimate of drug-likeness (QED) is 0.606. The molecule has 29 heavy (non-hydrogen) atoms. The molecule has 1 atom stereocenters. The van der Waals surface area contributed by atoms with Gasteiger partial charge in [-0.05, 0) is 54.2 Å². The number of hydrogen-bond donors (Lipinski definition) is 1. The molecule has 0 unspecified atom stereocenters. The molecule has 2 aromatic carbocycles. The normalized spacial score (nSPS) is 17.6. The fraction of sp³-hybridized carbons (Fsp3) is 0.250. The minimum Gasteiger partial charge on any atom is -0.454 e. The highest BCUT2D eigenvalue weighted by molar-refractivity contribution is 7.80. The summed E-state index contributed by atoms with van der Waals surface area (Å²) in [7, 11) is 1.66. The van der Waals surface area contributed by atoms with Gasteiger partial charge in [0.25, 0.3) is 5.91 Å². The van der Waals surface area contributed by atoms with Crippen LogP contribution in [0.25, 0.3) is 0 Å². The molecule has 1 fully saturated rings. The second kappa shape index (κ2) is 7.67. The third-order valence-electron chi connectivity index (χ3n) is 4.85. The summed E-state index contributed by atoms with van der Waals surface area (Å²) < 4.78 is 24.0. The molecule has 0 radical (unpaired) electrons. The van der Waals surface area contributed by atoms with E-state index in [1.165, 1.54) is 24.3 Å². The van der Waals surface area contributed by atoms with Gasteiger partial charge in [-0.2, -0.15) is 0 Å². The third kappa shape index (κ3) is 3.61. The summed E-state index contributed by atoms with van der Waals surface area (Å²) in [5, 5.41) is 3.22. The van der Waals surface area contributed by atoms with Crippen LogP contribution in [-0.4, -0.2) is 41.7 Å². The molecule has 0 aromatic heterocycles. The van der Waals surface area contributed by atoms with Gasteiger partial charge in [0.2, 0.25) is 12.7 Å². The molecule has 0 saturated carbocycles. The lowest BCUT2D eigenvalue weighted by atomic mass is 10.1. The van der Waals surface area contributed by atoms with Gasteiger partial charge in [0, 0.05) is 13.6 Å². The number of benzene rings is 2. The highest BCUT2D eigenvalue weighted by atomic mass is 32.1. The van der Waals surface area contributed by atoms with E-state index >= 15 is 0 Å². The Kier molecular flexibility index (Phi) is 5.06. The fourth-order valence-corrected chi connectivity index (χ4v) is 3.62.